The molecule has 0 radical (unpaired) electrons. The van der Waals surface area contributed by atoms with Crippen LogP contribution in [0.5, 0.6) is 5.75 Å². The van der Waals surface area contributed by atoms with E-state index in [1.807, 2.05) is 36.7 Å². The third kappa shape index (κ3) is 4.49. The topological polar surface area (TPSA) is 91.7 Å². The highest BCUT2D eigenvalue weighted by Gasteiger charge is 2.06. The predicted molar refractivity (Wildman–Crippen MR) is 99.1 cm³/mol. The van der Waals surface area contributed by atoms with Gasteiger partial charge in [0.05, 0.1) is 6.61 Å². The number of hydrogen-bond acceptors (Lipinski definition) is 4. The van der Waals surface area contributed by atoms with Gasteiger partial charge in [-0.05, 0) is 41.1 Å². The molecule has 3 rings (SSSR count). The van der Waals surface area contributed by atoms with Gasteiger partial charge in [-0.25, -0.2) is 4.79 Å². The molecule has 0 aliphatic rings. The minimum Gasteiger partial charge on any atom is -0.508 e. The van der Waals surface area contributed by atoms with Gasteiger partial charge in [0, 0.05) is 36.5 Å². The normalized spacial score (nSPS) is 10.8. The van der Waals surface area contributed by atoms with Crippen LogP contribution in [0.2, 0.25) is 0 Å². The zero-order valence-electron chi connectivity index (χ0n) is 14.2. The van der Waals surface area contributed by atoms with Gasteiger partial charge in [0.15, 0.2) is 0 Å². The molecular weight excluding hydrogens is 332 g/mol. The molecule has 134 valence electrons. The summed E-state index contributed by atoms with van der Waals surface area (Å²) in [4.78, 5) is 14.7. The molecule has 0 saturated heterocycles. The number of aromatic nitrogens is 1. The molecule has 3 aromatic rings. The third-order valence-electron chi connectivity index (χ3n) is 4.01. The number of nitrogens with one attached hydrogen (secondary N) is 1. The molecule has 2 aromatic carbocycles. The lowest BCUT2D eigenvalue weighted by Crippen LogP contribution is -2.22. The Bertz CT molecular complexity index is 894. The molecule has 0 aliphatic heterocycles. The highest BCUT2D eigenvalue weighted by atomic mass is 16.5. The Balaban J connectivity index is 1.72. The molecule has 3 N–H and O–H groups in total. The van der Waals surface area contributed by atoms with Crippen LogP contribution in [0.4, 0.5) is 4.79 Å². The van der Waals surface area contributed by atoms with Crippen molar-refractivity contribution >= 4 is 16.9 Å². The van der Waals surface area contributed by atoms with Gasteiger partial charge in [0.2, 0.25) is 0 Å². The summed E-state index contributed by atoms with van der Waals surface area (Å²) in [5, 5.41) is 22.4. The van der Waals surface area contributed by atoms with Crippen molar-refractivity contribution < 1.29 is 19.7 Å². The van der Waals surface area contributed by atoms with Crippen molar-refractivity contribution in [3.8, 4) is 16.9 Å². The summed E-state index contributed by atoms with van der Waals surface area (Å²) in [7, 11) is 0. The van der Waals surface area contributed by atoms with E-state index in [2.05, 4.69) is 16.4 Å². The third-order valence-corrected chi connectivity index (χ3v) is 4.01. The number of carbonyl (C=O) groups is 1. The lowest BCUT2D eigenvalue weighted by molar-refractivity contribution is 0.118. The number of hydrogen-bond donors (Lipinski definition) is 3. The van der Waals surface area contributed by atoms with Crippen LogP contribution in [0.3, 0.4) is 0 Å². The average Bonchev–Trinajstić information content (AvgIpc) is 2.64. The van der Waals surface area contributed by atoms with E-state index < -0.39 is 6.09 Å². The van der Waals surface area contributed by atoms with E-state index >= 15 is 0 Å². The van der Waals surface area contributed by atoms with Gasteiger partial charge in [-0.3, -0.25) is 4.98 Å². The number of pyridine rings is 1. The summed E-state index contributed by atoms with van der Waals surface area (Å²) in [6.45, 7) is 1.32. The molecule has 0 bridgehead atoms. The lowest BCUT2D eigenvalue weighted by atomic mass is 9.99. The number of fused-ring (bicyclic) bond motifs is 1. The molecule has 0 unspecified atom stereocenters. The number of ether oxygens (including phenoxy) is 1. The Hall–Kier alpha value is -3.12. The van der Waals surface area contributed by atoms with Crippen molar-refractivity contribution in [2.24, 2.45) is 0 Å². The van der Waals surface area contributed by atoms with E-state index in [-0.39, 0.29) is 5.75 Å². The number of phenolic OH excluding ortho intramolecular Hbond substituents is 1. The van der Waals surface area contributed by atoms with Crippen LogP contribution < -0.4 is 5.32 Å². The first-order chi connectivity index (χ1) is 12.6. The summed E-state index contributed by atoms with van der Waals surface area (Å²) in [6, 6.07) is 13.1. The molecule has 1 aromatic heterocycles. The van der Waals surface area contributed by atoms with Crippen LogP contribution in [-0.2, 0) is 11.3 Å². The van der Waals surface area contributed by atoms with E-state index in [1.165, 1.54) is 0 Å². The molecule has 0 spiro atoms. The monoisotopic (exact) mass is 352 g/mol. The first kappa shape index (κ1) is 17.7. The highest BCUT2D eigenvalue weighted by molar-refractivity contribution is 5.96. The smallest absolute Gasteiger partial charge is 0.404 e. The summed E-state index contributed by atoms with van der Waals surface area (Å²) in [6.07, 6.45) is 3.25. The second kappa shape index (κ2) is 8.31. The van der Waals surface area contributed by atoms with Gasteiger partial charge in [-0.1, -0.05) is 24.3 Å². The van der Waals surface area contributed by atoms with Crippen molar-refractivity contribution in [2.75, 3.05) is 13.2 Å². The Kier molecular flexibility index (Phi) is 5.66. The molecule has 0 atom stereocenters. The van der Waals surface area contributed by atoms with Crippen molar-refractivity contribution in [3.63, 3.8) is 0 Å². The van der Waals surface area contributed by atoms with Crippen LogP contribution in [0.15, 0.2) is 54.9 Å². The molecule has 1 amide bonds. The number of phenols is 1. The van der Waals surface area contributed by atoms with Gasteiger partial charge in [-0.2, -0.15) is 0 Å². The standard InChI is InChI=1S/C20H20N2O4/c23-17-6-4-15(5-7-17)19-12-21-11-16-3-2-14(10-18(16)19)13-26-9-1-8-22-20(24)25/h2-7,10-12,22-23H,1,8-9,13H2,(H,24,25). The van der Waals surface area contributed by atoms with Gasteiger partial charge in [0.1, 0.15) is 5.75 Å². The van der Waals surface area contributed by atoms with Gasteiger partial charge >= 0.3 is 6.09 Å². The van der Waals surface area contributed by atoms with E-state index in [9.17, 15) is 9.90 Å². The Morgan fingerprint density at radius 2 is 1.92 bits per heavy atom. The fourth-order valence-corrected chi connectivity index (χ4v) is 2.73. The van der Waals surface area contributed by atoms with Crippen LogP contribution in [0.1, 0.15) is 12.0 Å². The number of nitrogens with zero attached hydrogens (tertiary/aromatic N) is 1. The van der Waals surface area contributed by atoms with Crippen LogP contribution in [-0.4, -0.2) is 34.4 Å². The average molecular weight is 352 g/mol. The maximum Gasteiger partial charge on any atom is 0.404 e. The first-order valence-electron chi connectivity index (χ1n) is 8.34. The zero-order valence-corrected chi connectivity index (χ0v) is 14.2. The fourth-order valence-electron chi connectivity index (χ4n) is 2.73. The quantitative estimate of drug-likeness (QED) is 0.563. The molecule has 6 heteroatoms. The molecule has 6 nitrogen and oxygen atoms in total. The van der Waals surface area contributed by atoms with Crippen molar-refractivity contribution in [1.82, 2.24) is 10.3 Å². The maximum atomic E-state index is 10.4. The molecule has 0 fully saturated rings. The predicted octanol–water partition coefficient (Wildman–Crippen LogP) is 3.78. The number of rotatable bonds is 7. The molecule has 26 heavy (non-hydrogen) atoms. The van der Waals surface area contributed by atoms with Gasteiger partial charge < -0.3 is 20.3 Å². The number of benzene rings is 2. The number of carboxylic acid groups (broad SMARTS) is 1. The van der Waals surface area contributed by atoms with Crippen LogP contribution in [0.25, 0.3) is 21.9 Å². The van der Waals surface area contributed by atoms with Crippen LogP contribution in [0, 0.1) is 0 Å². The summed E-state index contributed by atoms with van der Waals surface area (Å²) < 4.78 is 5.63. The summed E-state index contributed by atoms with van der Waals surface area (Å²) in [5.41, 5.74) is 3.02. The summed E-state index contributed by atoms with van der Waals surface area (Å²) >= 11 is 0. The number of amides is 1. The van der Waals surface area contributed by atoms with E-state index in [4.69, 9.17) is 9.84 Å². The Labute approximate surface area is 151 Å². The SMILES string of the molecule is O=C(O)NCCCOCc1ccc2cncc(-c3ccc(O)cc3)c2c1. The fraction of sp³-hybridized carbons (Fsp3) is 0.200. The van der Waals surface area contributed by atoms with Crippen molar-refractivity contribution in [1.29, 1.82) is 0 Å². The lowest BCUT2D eigenvalue weighted by Gasteiger charge is -2.09. The van der Waals surface area contributed by atoms with Crippen molar-refractivity contribution in [2.45, 2.75) is 13.0 Å². The molecule has 1 heterocycles. The Morgan fingerprint density at radius 1 is 1.12 bits per heavy atom. The van der Waals surface area contributed by atoms with E-state index in [0.717, 1.165) is 27.5 Å². The largest absolute Gasteiger partial charge is 0.508 e. The van der Waals surface area contributed by atoms with E-state index in [0.29, 0.717) is 26.2 Å². The molecule has 0 saturated carbocycles. The first-order valence-corrected chi connectivity index (χ1v) is 8.34. The van der Waals surface area contributed by atoms with Crippen LogP contribution >= 0.6 is 0 Å². The maximum absolute atomic E-state index is 10.4. The number of aromatic hydroxyl groups is 1. The van der Waals surface area contributed by atoms with Crippen molar-refractivity contribution in [3.05, 3.63) is 60.4 Å². The molecular formula is C20H20N2O4. The Morgan fingerprint density at radius 3 is 2.69 bits per heavy atom. The highest BCUT2D eigenvalue weighted by Crippen LogP contribution is 2.29. The zero-order chi connectivity index (χ0) is 18.4. The minimum absolute atomic E-state index is 0.230. The van der Waals surface area contributed by atoms with E-state index in [1.54, 1.807) is 12.1 Å². The summed E-state index contributed by atoms with van der Waals surface area (Å²) in [5.74, 6) is 0.230. The minimum atomic E-state index is -1.02. The van der Waals surface area contributed by atoms with Gasteiger partial charge in [-0.15, -0.1) is 0 Å². The second-order valence-electron chi connectivity index (χ2n) is 5.93. The molecule has 0 aliphatic carbocycles. The second-order valence-corrected chi connectivity index (χ2v) is 5.93. The van der Waals surface area contributed by atoms with Gasteiger partial charge in [0.25, 0.3) is 0 Å².